The fourth-order valence-electron chi connectivity index (χ4n) is 0.829. The van der Waals surface area contributed by atoms with Gasteiger partial charge in [0.15, 0.2) is 6.29 Å². The minimum atomic E-state index is -5.05. The molecule has 16 heavy (non-hydrogen) atoms. The van der Waals surface area contributed by atoms with Crippen molar-refractivity contribution in [1.82, 2.24) is 0 Å². The van der Waals surface area contributed by atoms with Gasteiger partial charge in [0.2, 0.25) is 5.44 Å². The van der Waals surface area contributed by atoms with Crippen LogP contribution in [0.1, 0.15) is 0 Å². The molecular weight excluding hydrogens is 248 g/mol. The molecule has 0 heterocycles. The van der Waals surface area contributed by atoms with Crippen molar-refractivity contribution in [3.8, 4) is 0 Å². The minimum Gasteiger partial charge on any atom is -0.387 e. The van der Waals surface area contributed by atoms with E-state index in [9.17, 15) is 13.2 Å². The SMILES string of the molecule is O=C[C@H](O)[C@@H](O)[C@H](O)[C@H](O)C(O)S(=O)(=O)O. The molecule has 9 nitrogen and oxygen atoms in total. The third kappa shape index (κ3) is 3.75. The highest BCUT2D eigenvalue weighted by Crippen LogP contribution is 2.11. The molecule has 96 valence electrons. The van der Waals surface area contributed by atoms with Crippen LogP contribution in [0.25, 0.3) is 0 Å². The number of aldehydes is 1. The normalized spacial score (nSPS) is 21.9. The maximum atomic E-state index is 10.4. The summed E-state index contributed by atoms with van der Waals surface area (Å²) in [5.41, 5.74) is -2.77. The van der Waals surface area contributed by atoms with Gasteiger partial charge in [0.05, 0.1) is 0 Å². The summed E-state index contributed by atoms with van der Waals surface area (Å²) in [6.07, 6.45) is -9.26. The molecule has 0 saturated carbocycles. The van der Waals surface area contributed by atoms with Crippen LogP contribution in [0.15, 0.2) is 0 Å². The average Bonchev–Trinajstić information content (AvgIpc) is 2.22. The fourth-order valence-corrected chi connectivity index (χ4v) is 1.34. The first-order valence-corrected chi connectivity index (χ1v) is 5.45. The van der Waals surface area contributed by atoms with E-state index in [0.29, 0.717) is 0 Å². The van der Waals surface area contributed by atoms with E-state index in [-0.39, 0.29) is 6.29 Å². The molecule has 0 fully saturated rings. The Morgan fingerprint density at radius 1 is 0.875 bits per heavy atom. The van der Waals surface area contributed by atoms with Gasteiger partial charge in [-0.15, -0.1) is 0 Å². The van der Waals surface area contributed by atoms with Gasteiger partial charge in [-0.1, -0.05) is 0 Å². The van der Waals surface area contributed by atoms with Crippen molar-refractivity contribution in [2.45, 2.75) is 29.9 Å². The van der Waals surface area contributed by atoms with E-state index >= 15 is 0 Å². The van der Waals surface area contributed by atoms with Crippen LogP contribution >= 0.6 is 0 Å². The number of hydrogen-bond donors (Lipinski definition) is 6. The maximum Gasteiger partial charge on any atom is 0.294 e. The van der Waals surface area contributed by atoms with Gasteiger partial charge in [0.1, 0.15) is 24.4 Å². The number of aliphatic hydroxyl groups excluding tert-OH is 5. The molecule has 0 aliphatic heterocycles. The Bertz CT molecular complexity index is 325. The maximum absolute atomic E-state index is 10.4. The molecule has 10 heteroatoms. The molecule has 6 N–H and O–H groups in total. The smallest absolute Gasteiger partial charge is 0.294 e. The van der Waals surface area contributed by atoms with Crippen LogP contribution in [0.4, 0.5) is 0 Å². The molecule has 0 spiro atoms. The summed E-state index contributed by atoms with van der Waals surface area (Å²) >= 11 is 0. The molecular formula is C6H12O9S. The van der Waals surface area contributed by atoms with E-state index in [1.165, 1.54) is 0 Å². The standard InChI is InChI=1S/C6H12O9S/c7-1-2(8)3(9)4(10)5(11)6(12)16(13,14)15/h1-6,8-12H,(H,13,14,15)/t2-,3+,4-,5-,6?/m0/s1. The van der Waals surface area contributed by atoms with Crippen molar-refractivity contribution in [3.05, 3.63) is 0 Å². The first kappa shape index (κ1) is 15.4. The van der Waals surface area contributed by atoms with Gasteiger partial charge in [-0.2, -0.15) is 8.42 Å². The summed E-state index contributed by atoms with van der Waals surface area (Å²) in [6.45, 7) is 0. The Hall–Kier alpha value is -0.620. The third-order valence-electron chi connectivity index (χ3n) is 1.79. The lowest BCUT2D eigenvalue weighted by atomic mass is 10.0. The molecule has 0 bridgehead atoms. The van der Waals surface area contributed by atoms with Crippen LogP contribution < -0.4 is 0 Å². The second-order valence-electron chi connectivity index (χ2n) is 3.00. The Labute approximate surface area is 90.3 Å². The van der Waals surface area contributed by atoms with E-state index in [1.807, 2.05) is 0 Å². The Morgan fingerprint density at radius 2 is 1.31 bits per heavy atom. The molecule has 0 saturated heterocycles. The average molecular weight is 260 g/mol. The summed E-state index contributed by atoms with van der Waals surface area (Å²) in [5, 5.41) is 44.6. The molecule has 0 aromatic heterocycles. The van der Waals surface area contributed by atoms with Gasteiger partial charge in [-0.3, -0.25) is 4.55 Å². The molecule has 0 aromatic rings. The van der Waals surface area contributed by atoms with Crippen molar-refractivity contribution >= 4 is 16.4 Å². The number of hydrogen-bond acceptors (Lipinski definition) is 8. The Kier molecular flexibility index (Phi) is 5.41. The fraction of sp³-hybridized carbons (Fsp3) is 0.833. The first-order valence-electron chi connectivity index (χ1n) is 3.94. The van der Waals surface area contributed by atoms with Crippen LogP contribution in [0.2, 0.25) is 0 Å². The Balaban J connectivity index is 4.74. The summed E-state index contributed by atoms with van der Waals surface area (Å²) in [5.74, 6) is 0. The summed E-state index contributed by atoms with van der Waals surface area (Å²) < 4.78 is 29.0. The lowest BCUT2D eigenvalue weighted by Crippen LogP contribution is -2.51. The zero-order valence-electron chi connectivity index (χ0n) is 7.78. The van der Waals surface area contributed by atoms with Crippen molar-refractivity contribution in [3.63, 3.8) is 0 Å². The molecule has 0 amide bonds. The molecule has 0 aliphatic rings. The van der Waals surface area contributed by atoms with E-state index in [4.69, 9.17) is 30.1 Å². The molecule has 0 radical (unpaired) electrons. The second kappa shape index (κ2) is 5.63. The summed E-state index contributed by atoms with van der Waals surface area (Å²) in [7, 11) is -5.05. The van der Waals surface area contributed by atoms with Crippen molar-refractivity contribution in [1.29, 1.82) is 0 Å². The zero-order valence-corrected chi connectivity index (χ0v) is 8.60. The van der Waals surface area contributed by atoms with Crippen LogP contribution in [0.5, 0.6) is 0 Å². The highest BCUT2D eigenvalue weighted by atomic mass is 32.2. The third-order valence-corrected chi connectivity index (χ3v) is 2.68. The lowest BCUT2D eigenvalue weighted by molar-refractivity contribution is -0.138. The number of carbonyl (C=O) groups is 1. The van der Waals surface area contributed by atoms with E-state index in [0.717, 1.165) is 0 Å². The van der Waals surface area contributed by atoms with Crippen molar-refractivity contribution in [2.24, 2.45) is 0 Å². The molecule has 0 aromatic carbocycles. The van der Waals surface area contributed by atoms with Crippen LogP contribution in [-0.4, -0.2) is 74.6 Å². The highest BCUT2D eigenvalue weighted by molar-refractivity contribution is 7.86. The van der Waals surface area contributed by atoms with Crippen molar-refractivity contribution < 1.29 is 43.3 Å². The largest absolute Gasteiger partial charge is 0.387 e. The Morgan fingerprint density at radius 3 is 1.62 bits per heavy atom. The van der Waals surface area contributed by atoms with E-state index in [2.05, 4.69) is 0 Å². The monoisotopic (exact) mass is 260 g/mol. The van der Waals surface area contributed by atoms with Gasteiger partial charge in [-0.25, -0.2) is 0 Å². The number of rotatable bonds is 6. The van der Waals surface area contributed by atoms with Gasteiger partial charge < -0.3 is 30.3 Å². The van der Waals surface area contributed by atoms with Gasteiger partial charge >= 0.3 is 0 Å². The molecule has 1 unspecified atom stereocenters. The van der Waals surface area contributed by atoms with Gasteiger partial charge in [0.25, 0.3) is 10.1 Å². The lowest BCUT2D eigenvalue weighted by Gasteiger charge is -2.25. The van der Waals surface area contributed by atoms with Gasteiger partial charge in [-0.05, 0) is 0 Å². The summed E-state index contributed by atoms with van der Waals surface area (Å²) in [4.78, 5) is 10.0. The van der Waals surface area contributed by atoms with Crippen LogP contribution in [0.3, 0.4) is 0 Å². The van der Waals surface area contributed by atoms with Crippen LogP contribution in [0, 0.1) is 0 Å². The predicted molar refractivity (Wildman–Crippen MR) is 47.6 cm³/mol. The highest BCUT2D eigenvalue weighted by Gasteiger charge is 2.39. The van der Waals surface area contributed by atoms with Gasteiger partial charge in [0, 0.05) is 0 Å². The van der Waals surface area contributed by atoms with Crippen molar-refractivity contribution in [2.75, 3.05) is 0 Å². The minimum absolute atomic E-state index is 0.166. The predicted octanol–water partition coefficient (Wildman–Crippen LogP) is -4.16. The van der Waals surface area contributed by atoms with E-state index in [1.54, 1.807) is 0 Å². The van der Waals surface area contributed by atoms with Crippen LogP contribution in [-0.2, 0) is 14.9 Å². The number of aliphatic hydroxyl groups is 5. The molecule has 0 rings (SSSR count). The topological polar surface area (TPSA) is 173 Å². The molecule has 5 atom stereocenters. The number of carbonyl (C=O) groups excluding carboxylic acids is 1. The first-order chi connectivity index (χ1) is 7.12. The van der Waals surface area contributed by atoms with E-state index < -0.39 is 40.0 Å². The molecule has 0 aliphatic carbocycles. The zero-order chi connectivity index (χ0) is 13.1. The second-order valence-corrected chi connectivity index (χ2v) is 4.52. The quantitative estimate of drug-likeness (QED) is 0.204. The summed E-state index contributed by atoms with van der Waals surface area (Å²) in [6, 6.07) is 0.